The van der Waals surface area contributed by atoms with Gasteiger partial charge in [-0.25, -0.2) is 16.8 Å². The van der Waals surface area contributed by atoms with E-state index in [1.165, 1.54) is 20.5 Å². The van der Waals surface area contributed by atoms with E-state index in [2.05, 4.69) is 9.62 Å². The molecule has 0 bridgehead atoms. The number of nitrogens with one attached hydrogen (secondary N) is 1. The molecule has 0 aliphatic carbocycles. The fraction of sp³-hybridized carbons (Fsp3) is 0.500. The van der Waals surface area contributed by atoms with E-state index in [0.717, 1.165) is 34.3 Å². The van der Waals surface area contributed by atoms with Gasteiger partial charge in [-0.1, -0.05) is 17.7 Å². The molecule has 0 unspecified atom stereocenters. The molecule has 1 N–H and O–H groups in total. The number of carbonyl (C=O) groups is 2. The van der Waals surface area contributed by atoms with Crippen LogP contribution in [0.25, 0.3) is 10.1 Å². The van der Waals surface area contributed by atoms with Gasteiger partial charge in [0.25, 0.3) is 20.0 Å². The van der Waals surface area contributed by atoms with E-state index in [1.54, 1.807) is 41.8 Å². The normalized spacial score (nSPS) is 22.7. The number of hydrogen-bond donors (Lipinski definition) is 1. The van der Waals surface area contributed by atoms with Crippen LogP contribution in [0.3, 0.4) is 0 Å². The lowest BCUT2D eigenvalue weighted by atomic mass is 10.1. The van der Waals surface area contributed by atoms with E-state index in [4.69, 9.17) is 11.6 Å². The van der Waals surface area contributed by atoms with Crippen molar-refractivity contribution in [1.29, 1.82) is 0 Å². The van der Waals surface area contributed by atoms with Gasteiger partial charge in [-0.3, -0.25) is 14.5 Å². The predicted octanol–water partition coefficient (Wildman–Crippen LogP) is 2.88. The van der Waals surface area contributed by atoms with Crippen LogP contribution in [0.2, 0.25) is 5.02 Å². The minimum absolute atomic E-state index is 0.0152. The summed E-state index contributed by atoms with van der Waals surface area (Å²) in [5.41, 5.74) is 0. The van der Waals surface area contributed by atoms with Gasteiger partial charge in [0.1, 0.15) is 14.5 Å². The van der Waals surface area contributed by atoms with E-state index in [0.29, 0.717) is 67.9 Å². The maximum Gasteiger partial charge on any atom is 0.252 e. The van der Waals surface area contributed by atoms with Gasteiger partial charge in [-0.15, -0.1) is 22.7 Å². The average Bonchev–Trinajstić information content (AvgIpc) is 3.77. The number of piperidine rings is 1. The van der Waals surface area contributed by atoms with Crippen LogP contribution < -0.4 is 4.72 Å². The van der Waals surface area contributed by atoms with Crippen molar-refractivity contribution in [2.45, 2.75) is 46.2 Å². The van der Waals surface area contributed by atoms with Crippen molar-refractivity contribution < 1.29 is 26.4 Å². The summed E-state index contributed by atoms with van der Waals surface area (Å²) in [6.07, 6.45) is 2.65. The number of nitrogens with zero attached hydrogens (tertiary/aromatic N) is 4. The minimum Gasteiger partial charge on any atom is -0.337 e. The molecule has 16 heteroatoms. The Hall–Kier alpha value is -2.11. The Morgan fingerprint density at radius 2 is 1.73 bits per heavy atom. The summed E-state index contributed by atoms with van der Waals surface area (Å²) in [7, 11) is -7.43. The molecule has 238 valence electrons. The Bertz CT molecular complexity index is 1740. The first-order chi connectivity index (χ1) is 21.0. The first-order valence-corrected chi connectivity index (χ1v) is 19.6. The van der Waals surface area contributed by atoms with Crippen LogP contribution in [-0.2, 0) is 29.6 Å². The summed E-state index contributed by atoms with van der Waals surface area (Å²) >= 11 is 8.38. The van der Waals surface area contributed by atoms with Crippen LogP contribution in [0.4, 0.5) is 0 Å². The summed E-state index contributed by atoms with van der Waals surface area (Å²) in [4.78, 5) is 32.3. The molecule has 0 saturated carbocycles. The zero-order valence-corrected chi connectivity index (χ0v) is 28.0. The molecule has 1 aromatic carbocycles. The second-order valence-corrected chi connectivity index (χ2v) is 17.9. The SMILES string of the molecule is O=C1[C@@H](NS(=O)(=O)c2cc3cc(Cl)ccc3s2)CCCN1CC(=O)N1CCC[C@H]1CN1CCN(S(=O)(=O)c2cccs2)CC1. The molecule has 2 amide bonds. The third-order valence-electron chi connectivity index (χ3n) is 8.46. The summed E-state index contributed by atoms with van der Waals surface area (Å²) in [5.74, 6) is -0.541. The molecule has 5 heterocycles. The average molecular weight is 700 g/mol. The van der Waals surface area contributed by atoms with Crippen LogP contribution in [0.5, 0.6) is 0 Å². The topological polar surface area (TPSA) is 127 Å². The molecule has 2 aromatic heterocycles. The molecule has 3 aliphatic rings. The lowest BCUT2D eigenvalue weighted by Crippen LogP contribution is -2.56. The summed E-state index contributed by atoms with van der Waals surface area (Å²) in [6.45, 7) is 3.51. The van der Waals surface area contributed by atoms with Crippen molar-refractivity contribution in [1.82, 2.24) is 23.7 Å². The number of thiophene rings is 2. The molecule has 0 radical (unpaired) electrons. The van der Waals surface area contributed by atoms with Crippen LogP contribution in [-0.4, -0.2) is 112 Å². The van der Waals surface area contributed by atoms with Crippen LogP contribution in [0, 0.1) is 0 Å². The molecule has 3 saturated heterocycles. The second-order valence-electron chi connectivity index (χ2n) is 11.3. The number of benzene rings is 1. The molecule has 0 spiro atoms. The van der Waals surface area contributed by atoms with Crippen molar-refractivity contribution in [2.75, 3.05) is 52.4 Å². The molecule has 6 rings (SSSR count). The third-order valence-corrected chi connectivity index (χ3v) is 15.0. The Balaban J connectivity index is 1.03. The van der Waals surface area contributed by atoms with Crippen LogP contribution in [0.15, 0.2) is 50.2 Å². The molecule has 2 atom stereocenters. The zero-order chi connectivity index (χ0) is 31.1. The van der Waals surface area contributed by atoms with Gasteiger partial charge < -0.3 is 9.80 Å². The van der Waals surface area contributed by atoms with E-state index in [-0.39, 0.29) is 22.7 Å². The highest BCUT2D eigenvalue weighted by Crippen LogP contribution is 2.31. The first-order valence-electron chi connectivity index (χ1n) is 14.6. The smallest absolute Gasteiger partial charge is 0.252 e. The number of hydrogen-bond acceptors (Lipinski definition) is 9. The number of amides is 2. The molecular formula is C28H34ClN5O6S4. The van der Waals surface area contributed by atoms with Crippen LogP contribution in [0.1, 0.15) is 25.7 Å². The van der Waals surface area contributed by atoms with E-state index in [1.807, 2.05) is 4.90 Å². The first kappa shape index (κ1) is 31.9. The fourth-order valence-corrected chi connectivity index (χ4v) is 11.5. The number of likely N-dealkylation sites (tertiary alicyclic amines) is 2. The molecule has 3 aliphatic heterocycles. The third kappa shape index (κ3) is 6.70. The summed E-state index contributed by atoms with van der Waals surface area (Å²) < 4.78 is 57.5. The van der Waals surface area contributed by atoms with Gasteiger partial charge >= 0.3 is 0 Å². The highest BCUT2D eigenvalue weighted by Gasteiger charge is 2.37. The number of sulfonamides is 2. The zero-order valence-electron chi connectivity index (χ0n) is 23.9. The van der Waals surface area contributed by atoms with Crippen molar-refractivity contribution >= 4 is 76.2 Å². The van der Waals surface area contributed by atoms with Gasteiger partial charge in [0.05, 0.1) is 6.54 Å². The number of rotatable bonds is 9. The lowest BCUT2D eigenvalue weighted by Gasteiger charge is -2.37. The van der Waals surface area contributed by atoms with E-state index in [9.17, 15) is 26.4 Å². The molecule has 3 fully saturated rings. The highest BCUT2D eigenvalue weighted by molar-refractivity contribution is 7.92. The molecule has 3 aromatic rings. The Morgan fingerprint density at radius 3 is 2.48 bits per heavy atom. The van der Waals surface area contributed by atoms with Gasteiger partial charge in [-0.2, -0.15) is 9.03 Å². The predicted molar refractivity (Wildman–Crippen MR) is 171 cm³/mol. The van der Waals surface area contributed by atoms with E-state index < -0.39 is 32.0 Å². The molecular weight excluding hydrogens is 666 g/mol. The van der Waals surface area contributed by atoms with Crippen molar-refractivity contribution in [2.24, 2.45) is 0 Å². The van der Waals surface area contributed by atoms with Crippen molar-refractivity contribution in [3.8, 4) is 0 Å². The Kier molecular flexibility index (Phi) is 9.37. The number of halogens is 1. The van der Waals surface area contributed by atoms with Gasteiger partial charge in [0, 0.05) is 61.6 Å². The lowest BCUT2D eigenvalue weighted by molar-refractivity contribution is -0.143. The number of carbonyl (C=O) groups excluding carboxylic acids is 2. The largest absolute Gasteiger partial charge is 0.337 e. The maximum atomic E-state index is 13.4. The van der Waals surface area contributed by atoms with Gasteiger partial charge in [0.15, 0.2) is 0 Å². The number of fused-ring (bicyclic) bond motifs is 1. The molecule has 11 nitrogen and oxygen atoms in total. The van der Waals surface area contributed by atoms with Crippen molar-refractivity contribution in [3.63, 3.8) is 0 Å². The minimum atomic E-state index is -3.95. The second kappa shape index (κ2) is 12.9. The Labute approximate surface area is 270 Å². The fourth-order valence-electron chi connectivity index (χ4n) is 6.17. The summed E-state index contributed by atoms with van der Waals surface area (Å²) in [5, 5.41) is 2.99. The van der Waals surface area contributed by atoms with Gasteiger partial charge in [-0.05, 0) is 66.8 Å². The van der Waals surface area contributed by atoms with Gasteiger partial charge in [0.2, 0.25) is 11.8 Å². The Morgan fingerprint density at radius 1 is 0.955 bits per heavy atom. The highest BCUT2D eigenvalue weighted by atomic mass is 35.5. The van der Waals surface area contributed by atoms with Crippen LogP contribution >= 0.6 is 34.3 Å². The number of piperazine rings is 1. The van der Waals surface area contributed by atoms with Crippen molar-refractivity contribution in [3.05, 3.63) is 46.8 Å². The van der Waals surface area contributed by atoms with E-state index >= 15 is 0 Å². The standard InChI is InChI=1S/C28H34ClN5O6S4/c29-21-7-8-24-20(16-21)17-27(42-24)43(37,38)30-23-5-2-9-32(28(23)36)19-25(35)34-10-1-4-22(34)18-31-11-13-33(14-12-31)44(39,40)26-6-3-15-41-26/h3,6-8,15-17,22-23,30H,1-2,4-5,9-14,18-19H2/t22-,23-/m0/s1. The quantitative estimate of drug-likeness (QED) is 0.364. The maximum absolute atomic E-state index is 13.4. The summed E-state index contributed by atoms with van der Waals surface area (Å²) in [6, 6.07) is 9.13. The monoisotopic (exact) mass is 699 g/mol. The molecule has 44 heavy (non-hydrogen) atoms.